The van der Waals surface area contributed by atoms with E-state index in [1.165, 1.54) is 77.7 Å². The van der Waals surface area contributed by atoms with Gasteiger partial charge in [0.05, 0.1) is 12.4 Å². The Hall–Kier alpha value is -3.13. The van der Waals surface area contributed by atoms with Crippen LogP contribution in [-0.2, 0) is 7.05 Å². The van der Waals surface area contributed by atoms with Crippen LogP contribution in [0.5, 0.6) is 0 Å². The molecule has 0 aliphatic rings. The smallest absolute Gasteiger partial charge is 0.229 e. The van der Waals surface area contributed by atoms with Gasteiger partial charge in [0.1, 0.15) is 11.2 Å². The maximum atomic E-state index is 2.55. The minimum Gasteiger partial charge on any atom is -0.229 e. The van der Waals surface area contributed by atoms with Crippen molar-refractivity contribution in [3.63, 3.8) is 0 Å². The van der Waals surface area contributed by atoms with E-state index in [0.29, 0.717) is 5.92 Å². The molecule has 0 saturated heterocycles. The van der Waals surface area contributed by atoms with Crippen LogP contribution in [0.25, 0.3) is 38.6 Å². The lowest BCUT2D eigenvalue weighted by Crippen LogP contribution is -2.26. The van der Waals surface area contributed by atoms with E-state index in [1.807, 2.05) is 0 Å². The summed E-state index contributed by atoms with van der Waals surface area (Å²) in [5, 5.41) is 4.12. The quantitative estimate of drug-likeness (QED) is 0.194. The van der Waals surface area contributed by atoms with Crippen LogP contribution in [0.15, 0.2) is 42.5 Å². The maximum absolute atomic E-state index is 2.55. The lowest BCUT2D eigenvalue weighted by atomic mass is 9.90. The van der Waals surface area contributed by atoms with Crippen molar-refractivity contribution in [3.05, 3.63) is 81.5 Å². The Labute approximate surface area is 203 Å². The average Bonchev–Trinajstić information content (AvgIpc) is 3.03. The fourth-order valence-corrected chi connectivity index (χ4v) is 6.04. The molecule has 3 aromatic carbocycles. The Kier molecular flexibility index (Phi) is 5.31. The predicted molar refractivity (Wildman–Crippen MR) is 146 cm³/mol. The van der Waals surface area contributed by atoms with Crippen molar-refractivity contribution in [1.29, 1.82) is 0 Å². The summed E-state index contributed by atoms with van der Waals surface area (Å²) in [6.07, 6.45) is 1.13. The van der Waals surface area contributed by atoms with E-state index in [4.69, 9.17) is 0 Å². The second-order valence-electron chi connectivity index (χ2n) is 10.5. The van der Waals surface area contributed by atoms with Crippen LogP contribution in [0.4, 0.5) is 0 Å². The van der Waals surface area contributed by atoms with Crippen LogP contribution in [0, 0.1) is 41.5 Å². The van der Waals surface area contributed by atoms with E-state index in [9.17, 15) is 0 Å². The van der Waals surface area contributed by atoms with Crippen LogP contribution in [0.2, 0.25) is 0 Å². The average molecular weight is 450 g/mol. The number of pyridine rings is 1. The van der Waals surface area contributed by atoms with E-state index < -0.39 is 0 Å². The van der Waals surface area contributed by atoms with Crippen molar-refractivity contribution in [2.45, 2.75) is 67.7 Å². The third-order valence-electron chi connectivity index (χ3n) is 7.88. The number of fused-ring (bicyclic) bond motifs is 6. The molecule has 34 heavy (non-hydrogen) atoms. The number of aromatic nitrogens is 2. The third kappa shape index (κ3) is 3.19. The van der Waals surface area contributed by atoms with E-state index in [1.54, 1.807) is 0 Å². The molecule has 1 unspecified atom stereocenters. The summed E-state index contributed by atoms with van der Waals surface area (Å²) < 4.78 is 4.98. The number of nitrogens with zero attached hydrogens (tertiary/aromatic N) is 2. The molecule has 0 radical (unpaired) electrons. The first-order valence-corrected chi connectivity index (χ1v) is 12.6. The van der Waals surface area contributed by atoms with Gasteiger partial charge in [-0.2, -0.15) is 4.40 Å². The van der Waals surface area contributed by atoms with E-state index in [-0.39, 0.29) is 0 Å². The minimum absolute atomic E-state index is 0.495. The molecule has 0 saturated carbocycles. The molecule has 0 N–H and O–H groups in total. The van der Waals surface area contributed by atoms with Gasteiger partial charge in [-0.3, -0.25) is 0 Å². The highest BCUT2D eigenvalue weighted by atomic mass is 15.1. The molecule has 5 aromatic rings. The molecule has 0 bridgehead atoms. The van der Waals surface area contributed by atoms with Gasteiger partial charge in [-0.05, 0) is 75.8 Å². The van der Waals surface area contributed by atoms with Crippen molar-refractivity contribution < 1.29 is 4.40 Å². The number of hydrogen-bond donors (Lipinski definition) is 0. The van der Waals surface area contributed by atoms with Crippen molar-refractivity contribution in [3.8, 4) is 11.3 Å². The first kappa shape index (κ1) is 22.7. The van der Waals surface area contributed by atoms with Crippen LogP contribution in [0.3, 0.4) is 0 Å². The zero-order valence-electron chi connectivity index (χ0n) is 22.2. The third-order valence-corrected chi connectivity index (χ3v) is 7.88. The van der Waals surface area contributed by atoms with Gasteiger partial charge in [0.2, 0.25) is 0 Å². The highest BCUT2D eigenvalue weighted by Crippen LogP contribution is 2.38. The molecule has 0 fully saturated rings. The minimum atomic E-state index is 0.495. The zero-order chi connectivity index (χ0) is 24.5. The Bertz CT molecular complexity index is 1590. The summed E-state index contributed by atoms with van der Waals surface area (Å²) in [4.78, 5) is 0. The van der Waals surface area contributed by atoms with Crippen molar-refractivity contribution in [2.75, 3.05) is 0 Å². The first-order valence-electron chi connectivity index (χ1n) is 12.6. The van der Waals surface area contributed by atoms with Crippen molar-refractivity contribution in [1.82, 2.24) is 4.57 Å². The van der Waals surface area contributed by atoms with E-state index in [2.05, 4.69) is 114 Å². The molecule has 0 amide bonds. The van der Waals surface area contributed by atoms with Crippen molar-refractivity contribution in [2.24, 2.45) is 7.05 Å². The summed E-state index contributed by atoms with van der Waals surface area (Å²) in [7, 11) is 2.24. The summed E-state index contributed by atoms with van der Waals surface area (Å²) >= 11 is 0. The largest absolute Gasteiger partial charge is 0.295 e. The van der Waals surface area contributed by atoms with Gasteiger partial charge in [-0.1, -0.05) is 60.9 Å². The normalized spacial score (nSPS) is 12.9. The molecular weight excluding hydrogens is 412 g/mol. The molecule has 0 aliphatic heterocycles. The van der Waals surface area contributed by atoms with Gasteiger partial charge in [0.15, 0.2) is 5.69 Å². The fraction of sp³-hybridized carbons (Fsp3) is 0.344. The lowest BCUT2D eigenvalue weighted by molar-refractivity contribution is -0.467. The molecular formula is C32H37N2+. The zero-order valence-corrected chi connectivity index (χ0v) is 22.2. The van der Waals surface area contributed by atoms with Gasteiger partial charge in [0, 0.05) is 23.3 Å². The first-order chi connectivity index (χ1) is 16.1. The molecule has 0 spiro atoms. The SMILES string of the molecule is CCC(C)c1cc(C)cc2c3cc(C)ccc3[n+]3c(-c4c(C)cc(C)cc4C)c(C)n(C)c3c12. The Balaban J connectivity index is 2.14. The van der Waals surface area contributed by atoms with Crippen LogP contribution >= 0.6 is 0 Å². The van der Waals surface area contributed by atoms with E-state index >= 15 is 0 Å². The Morgan fingerprint density at radius 1 is 0.794 bits per heavy atom. The topological polar surface area (TPSA) is 9.03 Å². The van der Waals surface area contributed by atoms with Crippen molar-refractivity contribution >= 4 is 27.3 Å². The molecule has 2 nitrogen and oxygen atoms in total. The number of hydrogen-bond acceptors (Lipinski definition) is 0. The molecule has 5 rings (SSSR count). The number of aryl methyl sites for hydroxylation is 6. The molecule has 2 heterocycles. The maximum Gasteiger partial charge on any atom is 0.295 e. The standard InChI is InChI=1S/C32H37N2/c1-10-21(5)25-16-20(4)17-27-26-15-18(2)11-12-28(26)34-31(24(8)33(9)32(34)30(25)27)29-22(6)13-19(3)14-23(29)7/h11-17,21H,10H2,1-9H3/q+1. The van der Waals surface area contributed by atoms with Gasteiger partial charge in [0.25, 0.3) is 5.65 Å². The molecule has 0 aliphatic carbocycles. The highest BCUT2D eigenvalue weighted by Gasteiger charge is 2.30. The van der Waals surface area contributed by atoms with Crippen LogP contribution in [0.1, 0.15) is 65.3 Å². The number of imidazole rings is 1. The number of benzene rings is 3. The van der Waals surface area contributed by atoms with Gasteiger partial charge in [-0.25, -0.2) is 4.57 Å². The predicted octanol–water partition coefficient (Wildman–Crippen LogP) is 8.10. The second-order valence-corrected chi connectivity index (χ2v) is 10.5. The van der Waals surface area contributed by atoms with E-state index in [0.717, 1.165) is 6.42 Å². The summed E-state index contributed by atoms with van der Waals surface area (Å²) in [5.74, 6) is 0.495. The van der Waals surface area contributed by atoms with Gasteiger partial charge >= 0.3 is 0 Å². The monoisotopic (exact) mass is 449 g/mol. The van der Waals surface area contributed by atoms with Gasteiger partial charge < -0.3 is 0 Å². The summed E-state index contributed by atoms with van der Waals surface area (Å²) in [6, 6.07) is 16.4. The lowest BCUT2D eigenvalue weighted by Gasteiger charge is -2.16. The summed E-state index contributed by atoms with van der Waals surface area (Å²) in [5.41, 5.74) is 14.7. The molecule has 2 heteroatoms. The molecule has 174 valence electrons. The fourth-order valence-electron chi connectivity index (χ4n) is 6.04. The highest BCUT2D eigenvalue weighted by molar-refractivity contribution is 6.11. The van der Waals surface area contributed by atoms with Crippen LogP contribution < -0.4 is 4.40 Å². The molecule has 1 atom stereocenters. The Morgan fingerprint density at radius 3 is 2.06 bits per heavy atom. The Morgan fingerprint density at radius 2 is 1.41 bits per heavy atom. The molecule has 2 aromatic heterocycles. The summed E-state index contributed by atoms with van der Waals surface area (Å²) in [6.45, 7) is 18.1. The van der Waals surface area contributed by atoms with Crippen LogP contribution in [-0.4, -0.2) is 4.57 Å². The second kappa shape index (κ2) is 7.98. The van der Waals surface area contributed by atoms with Gasteiger partial charge in [-0.15, -0.1) is 0 Å². The number of rotatable bonds is 3.